The molecule has 0 spiro atoms. The summed E-state index contributed by atoms with van der Waals surface area (Å²) in [5.41, 5.74) is 6.51. The van der Waals surface area contributed by atoms with Crippen LogP contribution in [0.15, 0.2) is 53.4 Å². The summed E-state index contributed by atoms with van der Waals surface area (Å²) in [4.78, 5) is 34.9. The van der Waals surface area contributed by atoms with Crippen molar-refractivity contribution in [2.75, 3.05) is 11.1 Å². The van der Waals surface area contributed by atoms with Gasteiger partial charge in [-0.1, -0.05) is 23.4 Å². The van der Waals surface area contributed by atoms with Crippen molar-refractivity contribution >= 4 is 35.0 Å². The number of benzene rings is 2. The van der Waals surface area contributed by atoms with Crippen LogP contribution in [0.4, 0.5) is 11.4 Å². The molecule has 29 heavy (non-hydrogen) atoms. The van der Waals surface area contributed by atoms with Gasteiger partial charge in [-0.05, 0) is 25.1 Å². The topological polar surface area (TPSA) is 146 Å². The minimum atomic E-state index is -0.510. The fourth-order valence-corrected chi connectivity index (χ4v) is 3.30. The van der Waals surface area contributed by atoms with Crippen LogP contribution >= 0.6 is 11.8 Å². The van der Waals surface area contributed by atoms with Crippen LogP contribution in [-0.2, 0) is 4.79 Å². The van der Waals surface area contributed by atoms with E-state index in [2.05, 4.69) is 15.6 Å². The minimum absolute atomic E-state index is 0.0752. The highest BCUT2D eigenvalue weighted by Crippen LogP contribution is 2.27. The Morgan fingerprint density at radius 2 is 2.00 bits per heavy atom. The summed E-state index contributed by atoms with van der Waals surface area (Å²) in [5, 5.41) is 21.6. The lowest BCUT2D eigenvalue weighted by Crippen LogP contribution is -2.16. The second kappa shape index (κ2) is 8.52. The SMILES string of the molecule is Cc1c(C(=O)Nc2ccccc2SCC(N)=O)nnn1-c1cccc([N+](=O)[O-])c1. The number of nitrogens with zero attached hydrogens (tertiary/aromatic N) is 4. The number of aromatic nitrogens is 3. The Hall–Kier alpha value is -3.73. The van der Waals surface area contributed by atoms with Crippen LogP contribution in [0.5, 0.6) is 0 Å². The second-order valence-corrected chi connectivity index (χ2v) is 6.93. The highest BCUT2D eigenvalue weighted by molar-refractivity contribution is 8.00. The van der Waals surface area contributed by atoms with E-state index in [0.29, 0.717) is 22.0 Å². The molecule has 148 valence electrons. The molecule has 0 bridgehead atoms. The Morgan fingerprint density at radius 3 is 2.72 bits per heavy atom. The zero-order valence-corrected chi connectivity index (χ0v) is 16.0. The Balaban J connectivity index is 1.85. The van der Waals surface area contributed by atoms with E-state index in [1.165, 1.54) is 34.6 Å². The van der Waals surface area contributed by atoms with Gasteiger partial charge < -0.3 is 11.1 Å². The fourth-order valence-electron chi connectivity index (χ4n) is 2.55. The molecule has 10 nitrogen and oxygen atoms in total. The van der Waals surface area contributed by atoms with Crippen molar-refractivity contribution in [1.82, 2.24) is 15.0 Å². The summed E-state index contributed by atoms with van der Waals surface area (Å²) >= 11 is 1.21. The van der Waals surface area contributed by atoms with Crippen LogP contribution < -0.4 is 11.1 Å². The monoisotopic (exact) mass is 412 g/mol. The van der Waals surface area contributed by atoms with Gasteiger partial charge in [0.25, 0.3) is 11.6 Å². The van der Waals surface area contributed by atoms with Crippen molar-refractivity contribution < 1.29 is 14.5 Å². The zero-order valence-electron chi connectivity index (χ0n) is 15.2. The molecule has 0 atom stereocenters. The lowest BCUT2D eigenvalue weighted by molar-refractivity contribution is -0.384. The molecule has 0 saturated heterocycles. The van der Waals surface area contributed by atoms with Gasteiger partial charge in [0, 0.05) is 17.0 Å². The number of para-hydroxylation sites is 1. The number of hydrogen-bond acceptors (Lipinski definition) is 7. The van der Waals surface area contributed by atoms with Gasteiger partial charge in [0.2, 0.25) is 5.91 Å². The third-order valence-corrected chi connectivity index (χ3v) is 5.00. The predicted octanol–water partition coefficient (Wildman–Crippen LogP) is 2.31. The number of nitro benzene ring substituents is 1. The summed E-state index contributed by atoms with van der Waals surface area (Å²) in [7, 11) is 0. The molecule has 3 rings (SSSR count). The molecule has 0 aliphatic carbocycles. The summed E-state index contributed by atoms with van der Waals surface area (Å²) in [5.74, 6) is -0.882. The molecule has 2 aromatic carbocycles. The van der Waals surface area contributed by atoms with Gasteiger partial charge in [0.15, 0.2) is 5.69 Å². The normalized spacial score (nSPS) is 10.5. The number of rotatable bonds is 7. The number of primary amides is 1. The van der Waals surface area contributed by atoms with Crippen LogP contribution in [-0.4, -0.2) is 37.5 Å². The number of carbonyl (C=O) groups is 2. The van der Waals surface area contributed by atoms with Gasteiger partial charge in [-0.15, -0.1) is 16.9 Å². The van der Waals surface area contributed by atoms with Gasteiger partial charge in [0.1, 0.15) is 0 Å². The number of nitrogens with one attached hydrogen (secondary N) is 1. The lowest BCUT2D eigenvalue weighted by Gasteiger charge is -2.09. The van der Waals surface area contributed by atoms with Gasteiger partial charge >= 0.3 is 0 Å². The first-order valence-electron chi connectivity index (χ1n) is 8.35. The number of carbonyl (C=O) groups excluding carboxylic acids is 2. The number of amides is 2. The predicted molar refractivity (Wildman–Crippen MR) is 107 cm³/mol. The summed E-state index contributed by atoms with van der Waals surface area (Å²) in [6.07, 6.45) is 0. The Labute approximate surface area is 169 Å². The molecule has 0 unspecified atom stereocenters. The molecule has 0 fully saturated rings. The highest BCUT2D eigenvalue weighted by atomic mass is 32.2. The summed E-state index contributed by atoms with van der Waals surface area (Å²) in [6.45, 7) is 1.64. The van der Waals surface area contributed by atoms with Crippen LogP contribution in [0, 0.1) is 17.0 Å². The van der Waals surface area contributed by atoms with Gasteiger partial charge in [0.05, 0.1) is 27.7 Å². The minimum Gasteiger partial charge on any atom is -0.369 e. The molecule has 1 aromatic heterocycles. The Kier molecular flexibility index (Phi) is 5.88. The van der Waals surface area contributed by atoms with Crippen molar-refractivity contribution in [3.8, 4) is 5.69 Å². The molecule has 2 amide bonds. The molecule has 3 N–H and O–H groups in total. The average Bonchev–Trinajstić information content (AvgIpc) is 3.08. The van der Waals surface area contributed by atoms with E-state index in [1.807, 2.05) is 0 Å². The standard InChI is InChI=1S/C18H16N6O4S/c1-11-17(21-22-23(11)12-5-4-6-13(9-12)24(27)28)18(26)20-14-7-2-3-8-15(14)29-10-16(19)25/h2-9H,10H2,1H3,(H2,19,25)(H,20,26). The molecule has 0 aliphatic heterocycles. The van der Waals surface area contributed by atoms with E-state index >= 15 is 0 Å². The van der Waals surface area contributed by atoms with Crippen molar-refractivity contribution in [2.45, 2.75) is 11.8 Å². The van der Waals surface area contributed by atoms with Crippen LogP contribution in [0.2, 0.25) is 0 Å². The van der Waals surface area contributed by atoms with Crippen molar-refractivity contribution in [3.05, 3.63) is 70.0 Å². The first-order valence-corrected chi connectivity index (χ1v) is 9.34. The van der Waals surface area contributed by atoms with E-state index in [-0.39, 0.29) is 17.1 Å². The quantitative estimate of drug-likeness (QED) is 0.344. The van der Waals surface area contributed by atoms with Crippen LogP contribution in [0.25, 0.3) is 5.69 Å². The van der Waals surface area contributed by atoms with Crippen molar-refractivity contribution in [2.24, 2.45) is 5.73 Å². The maximum Gasteiger partial charge on any atom is 0.278 e. The first kappa shape index (κ1) is 20.0. The largest absolute Gasteiger partial charge is 0.369 e. The fraction of sp³-hybridized carbons (Fsp3) is 0.111. The maximum atomic E-state index is 12.7. The number of nitro groups is 1. The maximum absolute atomic E-state index is 12.7. The van der Waals surface area contributed by atoms with Crippen molar-refractivity contribution in [3.63, 3.8) is 0 Å². The van der Waals surface area contributed by atoms with E-state index < -0.39 is 16.7 Å². The number of hydrogen-bond donors (Lipinski definition) is 2. The molecule has 0 saturated carbocycles. The summed E-state index contributed by atoms with van der Waals surface area (Å²) in [6, 6.07) is 12.9. The molecular weight excluding hydrogens is 396 g/mol. The first-order chi connectivity index (χ1) is 13.9. The molecule has 0 aliphatic rings. The number of non-ortho nitro benzene ring substituents is 1. The third-order valence-electron chi connectivity index (χ3n) is 3.90. The van der Waals surface area contributed by atoms with Crippen LogP contribution in [0.3, 0.4) is 0 Å². The summed E-state index contributed by atoms with van der Waals surface area (Å²) < 4.78 is 1.36. The Bertz CT molecular complexity index is 1100. The van der Waals surface area contributed by atoms with Gasteiger partial charge in [-0.2, -0.15) is 0 Å². The number of thioether (sulfide) groups is 1. The lowest BCUT2D eigenvalue weighted by atomic mass is 10.2. The van der Waals surface area contributed by atoms with Gasteiger partial charge in [-0.3, -0.25) is 19.7 Å². The van der Waals surface area contributed by atoms with E-state index in [9.17, 15) is 19.7 Å². The molecular formula is C18H16N6O4S. The highest BCUT2D eigenvalue weighted by Gasteiger charge is 2.19. The Morgan fingerprint density at radius 1 is 1.24 bits per heavy atom. The number of anilines is 1. The van der Waals surface area contributed by atoms with E-state index in [4.69, 9.17) is 5.73 Å². The number of nitrogens with two attached hydrogens (primary N) is 1. The van der Waals surface area contributed by atoms with E-state index in [1.54, 1.807) is 37.3 Å². The molecule has 0 radical (unpaired) electrons. The molecule has 3 aromatic rings. The average molecular weight is 412 g/mol. The second-order valence-electron chi connectivity index (χ2n) is 5.92. The van der Waals surface area contributed by atoms with Crippen molar-refractivity contribution in [1.29, 1.82) is 0 Å². The zero-order chi connectivity index (χ0) is 21.0. The third kappa shape index (κ3) is 4.58. The molecule has 1 heterocycles. The molecule has 11 heteroatoms. The van der Waals surface area contributed by atoms with Crippen LogP contribution in [0.1, 0.15) is 16.2 Å². The smallest absolute Gasteiger partial charge is 0.278 e. The van der Waals surface area contributed by atoms with Gasteiger partial charge in [-0.25, -0.2) is 4.68 Å². The van der Waals surface area contributed by atoms with E-state index in [0.717, 1.165) is 0 Å².